The molecule has 3 amide bonds. The fourth-order valence-electron chi connectivity index (χ4n) is 7.35. The Balaban J connectivity index is 1.78. The molecule has 2 aliphatic rings. The van der Waals surface area contributed by atoms with Crippen LogP contribution < -0.4 is 21.5 Å². The van der Waals surface area contributed by atoms with E-state index in [1.807, 2.05) is 23.7 Å². The highest BCUT2D eigenvalue weighted by Gasteiger charge is 2.43. The molecule has 9 heteroatoms. The maximum absolute atomic E-state index is 14.3. The summed E-state index contributed by atoms with van der Waals surface area (Å²) in [5.41, 5.74) is 6.01. The number of hydrazine groups is 1. The Bertz CT molecular complexity index is 1010. The number of benzene rings is 1. The van der Waals surface area contributed by atoms with Gasteiger partial charge in [0, 0.05) is 23.7 Å². The maximum atomic E-state index is 14.3. The van der Waals surface area contributed by atoms with Gasteiger partial charge in [0.2, 0.25) is 17.7 Å². The zero-order valence-corrected chi connectivity index (χ0v) is 27.2. The second-order valence-electron chi connectivity index (χ2n) is 14.1. The minimum atomic E-state index is -0.689. The summed E-state index contributed by atoms with van der Waals surface area (Å²) in [7, 11) is 0. The molecule has 1 aromatic rings. The van der Waals surface area contributed by atoms with Gasteiger partial charge in [-0.3, -0.25) is 24.6 Å². The van der Waals surface area contributed by atoms with Crippen molar-refractivity contribution in [3.05, 3.63) is 35.9 Å². The summed E-state index contributed by atoms with van der Waals surface area (Å²) >= 11 is 0. The van der Waals surface area contributed by atoms with Crippen molar-refractivity contribution in [2.24, 2.45) is 11.8 Å². The summed E-state index contributed by atoms with van der Waals surface area (Å²) in [6, 6.07) is 9.43. The number of rotatable bonds is 15. The second-order valence-corrected chi connectivity index (χ2v) is 14.1. The van der Waals surface area contributed by atoms with E-state index in [0.717, 1.165) is 57.8 Å². The molecular weight excluding hydrogens is 542 g/mol. The lowest BCUT2D eigenvalue weighted by Crippen LogP contribution is -2.65. The third-order valence-electron chi connectivity index (χ3n) is 9.02. The number of aryl methyl sites for hydroxylation is 1. The predicted molar refractivity (Wildman–Crippen MR) is 170 cm³/mol. The summed E-state index contributed by atoms with van der Waals surface area (Å²) < 4.78 is 0. The first-order chi connectivity index (χ1) is 20.5. The minimum Gasteiger partial charge on any atom is -0.351 e. The molecule has 1 aromatic carbocycles. The number of carbonyl (C=O) groups is 3. The van der Waals surface area contributed by atoms with Crippen LogP contribution in [-0.2, 0) is 20.8 Å². The molecule has 1 unspecified atom stereocenters. The first-order valence-electron chi connectivity index (χ1n) is 16.6. The van der Waals surface area contributed by atoms with Crippen molar-refractivity contribution in [2.75, 3.05) is 6.54 Å². The number of nitrogens with zero attached hydrogens (tertiary/aromatic N) is 1. The van der Waals surface area contributed by atoms with Crippen LogP contribution in [0, 0.1) is 11.8 Å². The molecule has 2 saturated heterocycles. The lowest BCUT2D eigenvalue weighted by molar-refractivity contribution is -0.155. The van der Waals surface area contributed by atoms with Gasteiger partial charge in [-0.2, -0.15) is 0 Å². The number of hydroxylamine groups is 1. The van der Waals surface area contributed by atoms with Crippen LogP contribution in [0.15, 0.2) is 30.3 Å². The Hall–Kier alpha value is -2.49. The number of piperidine rings is 1. The molecule has 0 saturated carbocycles. The lowest BCUT2D eigenvalue weighted by Gasteiger charge is -2.47. The molecule has 2 aliphatic heterocycles. The summed E-state index contributed by atoms with van der Waals surface area (Å²) in [5.74, 6) is -2.23. The van der Waals surface area contributed by atoms with Crippen molar-refractivity contribution in [3.63, 3.8) is 0 Å². The van der Waals surface area contributed by atoms with Crippen LogP contribution >= 0.6 is 0 Å². The van der Waals surface area contributed by atoms with Gasteiger partial charge in [-0.25, -0.2) is 10.9 Å². The quantitative estimate of drug-likeness (QED) is 0.110. The molecule has 2 fully saturated rings. The smallest absolute Gasteiger partial charge is 0.247 e. The van der Waals surface area contributed by atoms with Gasteiger partial charge in [0.1, 0.15) is 6.04 Å². The van der Waals surface area contributed by atoms with E-state index in [1.165, 1.54) is 10.6 Å². The minimum absolute atomic E-state index is 0.00195. The molecule has 3 atom stereocenters. The first-order valence-corrected chi connectivity index (χ1v) is 16.6. The van der Waals surface area contributed by atoms with Gasteiger partial charge < -0.3 is 10.6 Å². The molecule has 3 rings (SSSR count). The Kier molecular flexibility index (Phi) is 13.5. The van der Waals surface area contributed by atoms with E-state index >= 15 is 0 Å². The number of carbonyl (C=O) groups excluding carboxylic acids is 3. The fraction of sp³-hybridized carbons (Fsp3) is 0.735. The number of nitrogens with one attached hydrogen (secondary N) is 4. The van der Waals surface area contributed by atoms with Crippen LogP contribution in [0.3, 0.4) is 0 Å². The van der Waals surface area contributed by atoms with Crippen LogP contribution in [-0.4, -0.2) is 57.6 Å². The van der Waals surface area contributed by atoms with Crippen molar-refractivity contribution in [3.8, 4) is 0 Å². The highest BCUT2D eigenvalue weighted by Crippen LogP contribution is 2.31. The van der Waals surface area contributed by atoms with Crippen LogP contribution in [0.1, 0.15) is 117 Å². The van der Waals surface area contributed by atoms with Crippen LogP contribution in [0.4, 0.5) is 0 Å². The molecule has 242 valence electrons. The van der Waals surface area contributed by atoms with Gasteiger partial charge in [-0.15, -0.1) is 0 Å². The van der Waals surface area contributed by atoms with E-state index < -0.39 is 23.8 Å². The van der Waals surface area contributed by atoms with Gasteiger partial charge >= 0.3 is 0 Å². The van der Waals surface area contributed by atoms with Crippen molar-refractivity contribution < 1.29 is 19.6 Å². The monoisotopic (exact) mass is 599 g/mol. The highest BCUT2D eigenvalue weighted by molar-refractivity contribution is 5.91. The van der Waals surface area contributed by atoms with E-state index in [2.05, 4.69) is 62.8 Å². The molecule has 0 bridgehead atoms. The fourth-order valence-corrected chi connectivity index (χ4v) is 7.35. The zero-order valence-electron chi connectivity index (χ0n) is 27.2. The summed E-state index contributed by atoms with van der Waals surface area (Å²) in [4.78, 5) is 41.2. The first kappa shape index (κ1) is 35.0. The van der Waals surface area contributed by atoms with E-state index in [9.17, 15) is 19.6 Å². The van der Waals surface area contributed by atoms with E-state index in [4.69, 9.17) is 0 Å². The predicted octanol–water partition coefficient (Wildman–Crippen LogP) is 5.03. The molecule has 0 aromatic heterocycles. The molecule has 0 spiro atoms. The highest BCUT2D eigenvalue weighted by atomic mass is 16.5. The molecule has 5 N–H and O–H groups in total. The Morgan fingerprint density at radius 2 is 1.60 bits per heavy atom. The molecule has 43 heavy (non-hydrogen) atoms. The van der Waals surface area contributed by atoms with E-state index in [-0.39, 0.29) is 28.9 Å². The standard InChI is InChI=1S/C34H57N5O4/c1-6-7-8-9-13-19-28(27(30(40)37-43)20-14-18-25-16-11-10-12-17-25)32(42)39-29(21-15-22-35-39)31(41)36-26-23-33(2,3)38-34(4,5)24-26/h10-12,16-17,26-29,35,38,43H,6-9,13-15,18-24H2,1-5H3,(H,36,41)(H,37,40)/t27?,28-,29+/m1/s1. The van der Waals surface area contributed by atoms with E-state index in [1.54, 1.807) is 0 Å². The number of unbranched alkanes of at least 4 members (excludes halogenated alkanes) is 4. The molecule has 2 heterocycles. The molecular formula is C34H57N5O4. The maximum Gasteiger partial charge on any atom is 0.247 e. The average Bonchev–Trinajstić information content (AvgIpc) is 2.96. The largest absolute Gasteiger partial charge is 0.351 e. The van der Waals surface area contributed by atoms with Crippen LogP contribution in [0.5, 0.6) is 0 Å². The number of amides is 3. The average molecular weight is 600 g/mol. The van der Waals surface area contributed by atoms with Gasteiger partial charge in [-0.1, -0.05) is 69.4 Å². The second kappa shape index (κ2) is 16.5. The number of hydrogen-bond acceptors (Lipinski definition) is 6. The summed E-state index contributed by atoms with van der Waals surface area (Å²) in [6.07, 6.45) is 10.6. The van der Waals surface area contributed by atoms with Crippen molar-refractivity contribution >= 4 is 17.7 Å². The zero-order chi connectivity index (χ0) is 31.5. The van der Waals surface area contributed by atoms with Crippen molar-refractivity contribution in [1.29, 1.82) is 0 Å². The lowest BCUT2D eigenvalue weighted by atomic mass is 9.79. The topological polar surface area (TPSA) is 123 Å². The van der Waals surface area contributed by atoms with Crippen molar-refractivity contribution in [1.82, 2.24) is 26.5 Å². The molecule has 9 nitrogen and oxygen atoms in total. The van der Waals surface area contributed by atoms with Gasteiger partial charge in [0.15, 0.2) is 0 Å². The van der Waals surface area contributed by atoms with Gasteiger partial charge in [0.25, 0.3) is 0 Å². The van der Waals surface area contributed by atoms with Crippen LogP contribution in [0.25, 0.3) is 0 Å². The number of hydrogen-bond donors (Lipinski definition) is 5. The third kappa shape index (κ3) is 10.9. The molecule has 0 aliphatic carbocycles. The Morgan fingerprint density at radius 3 is 2.26 bits per heavy atom. The SMILES string of the molecule is CCCCCCC[C@@H](C(=O)N1NCCC[C@H]1C(=O)NC1CC(C)(C)NC(C)(C)C1)C(CCCc1ccccc1)C(=O)NO. The van der Waals surface area contributed by atoms with E-state index in [0.29, 0.717) is 32.2 Å². The van der Waals surface area contributed by atoms with Gasteiger partial charge in [-0.05, 0) is 84.6 Å². The third-order valence-corrected chi connectivity index (χ3v) is 9.02. The molecule has 0 radical (unpaired) electrons. The van der Waals surface area contributed by atoms with Gasteiger partial charge in [0.05, 0.1) is 11.8 Å². The Labute approximate surface area is 259 Å². The Morgan fingerprint density at radius 1 is 0.953 bits per heavy atom. The summed E-state index contributed by atoms with van der Waals surface area (Å²) in [6.45, 7) is 11.4. The normalized spacial score (nSPS) is 21.5. The van der Waals surface area contributed by atoms with Crippen molar-refractivity contribution in [2.45, 2.75) is 141 Å². The van der Waals surface area contributed by atoms with Crippen LogP contribution in [0.2, 0.25) is 0 Å². The summed E-state index contributed by atoms with van der Waals surface area (Å²) in [5, 5.41) is 18.1.